The molecule has 4 rings (SSSR count). The number of anilines is 1. The lowest BCUT2D eigenvalue weighted by atomic mass is 10.1. The van der Waals surface area contributed by atoms with Gasteiger partial charge in [0.05, 0.1) is 26.5 Å². The van der Waals surface area contributed by atoms with Crippen LogP contribution in [0.25, 0.3) is 16.9 Å². The third kappa shape index (κ3) is 6.50. The van der Waals surface area contributed by atoms with Gasteiger partial charge in [-0.05, 0) is 55.2 Å². The molecule has 1 N–H and O–H groups in total. The standard InChI is InChI=1S/C29H36N4O4/c1-20(2)17-32(28(35)21-8-5-6-9-21)19-27(34)31-29-30-26(22-10-7-11-25(16-22)37-4)18-33(29)23-12-14-24(36-3)15-13-23/h7,10-16,18,20-21H,5-6,8-9,17,19H2,1-4H3,(H,30,31,34). The van der Waals surface area contributed by atoms with E-state index in [9.17, 15) is 9.59 Å². The SMILES string of the molecule is COc1ccc(-n2cc(-c3cccc(OC)c3)nc2NC(=O)CN(CC(C)C)C(=O)C2CCCC2)cc1. The Labute approximate surface area is 218 Å². The number of imidazole rings is 1. The van der Waals surface area contributed by atoms with Crippen LogP contribution in [-0.2, 0) is 9.59 Å². The average Bonchev–Trinajstić information content (AvgIpc) is 3.58. The van der Waals surface area contributed by atoms with Crippen LogP contribution in [0.2, 0.25) is 0 Å². The number of hydrogen-bond acceptors (Lipinski definition) is 5. The van der Waals surface area contributed by atoms with E-state index in [-0.39, 0.29) is 30.2 Å². The van der Waals surface area contributed by atoms with Crippen molar-refractivity contribution in [3.8, 4) is 28.4 Å². The monoisotopic (exact) mass is 504 g/mol. The van der Waals surface area contributed by atoms with Crippen molar-refractivity contribution in [2.45, 2.75) is 39.5 Å². The highest BCUT2D eigenvalue weighted by molar-refractivity contribution is 5.94. The molecule has 1 aliphatic rings. The van der Waals surface area contributed by atoms with Crippen LogP contribution in [0.1, 0.15) is 39.5 Å². The van der Waals surface area contributed by atoms with Crippen LogP contribution in [0.3, 0.4) is 0 Å². The van der Waals surface area contributed by atoms with Gasteiger partial charge in [0.1, 0.15) is 11.5 Å². The highest BCUT2D eigenvalue weighted by Crippen LogP contribution is 2.29. The van der Waals surface area contributed by atoms with Crippen molar-refractivity contribution >= 4 is 17.8 Å². The first-order valence-electron chi connectivity index (χ1n) is 12.8. The maximum absolute atomic E-state index is 13.3. The summed E-state index contributed by atoms with van der Waals surface area (Å²) in [6, 6.07) is 15.1. The molecule has 3 aromatic rings. The number of ether oxygens (including phenoxy) is 2. The minimum absolute atomic E-state index is 0.00250. The van der Waals surface area contributed by atoms with Crippen molar-refractivity contribution < 1.29 is 19.1 Å². The van der Waals surface area contributed by atoms with E-state index in [1.165, 1.54) is 0 Å². The second kappa shape index (κ2) is 12.0. The zero-order valence-electron chi connectivity index (χ0n) is 22.1. The van der Waals surface area contributed by atoms with Crippen molar-refractivity contribution in [1.82, 2.24) is 14.5 Å². The fourth-order valence-corrected chi connectivity index (χ4v) is 4.77. The smallest absolute Gasteiger partial charge is 0.246 e. The molecule has 2 aromatic carbocycles. The molecular formula is C29H36N4O4. The molecule has 0 aliphatic heterocycles. The molecule has 1 saturated carbocycles. The molecule has 2 amide bonds. The summed E-state index contributed by atoms with van der Waals surface area (Å²) in [5.41, 5.74) is 2.37. The molecule has 37 heavy (non-hydrogen) atoms. The molecule has 0 radical (unpaired) electrons. The lowest BCUT2D eigenvalue weighted by Crippen LogP contribution is -2.43. The number of carbonyl (C=O) groups excluding carboxylic acids is 2. The number of carbonyl (C=O) groups is 2. The maximum atomic E-state index is 13.3. The molecule has 196 valence electrons. The fraction of sp³-hybridized carbons (Fsp3) is 0.414. The predicted molar refractivity (Wildman–Crippen MR) is 144 cm³/mol. The number of benzene rings is 2. The summed E-state index contributed by atoms with van der Waals surface area (Å²) in [5.74, 6) is 1.92. The zero-order valence-corrected chi connectivity index (χ0v) is 22.1. The van der Waals surface area contributed by atoms with Crippen molar-refractivity contribution in [3.63, 3.8) is 0 Å². The molecule has 1 fully saturated rings. The summed E-state index contributed by atoms with van der Waals surface area (Å²) < 4.78 is 12.5. The molecule has 0 unspecified atom stereocenters. The first-order valence-corrected chi connectivity index (χ1v) is 12.8. The number of hydrogen-bond donors (Lipinski definition) is 1. The van der Waals surface area contributed by atoms with Crippen LogP contribution < -0.4 is 14.8 Å². The van der Waals surface area contributed by atoms with Crippen LogP contribution in [-0.4, -0.2) is 53.6 Å². The number of aromatic nitrogens is 2. The van der Waals surface area contributed by atoms with Gasteiger partial charge in [-0.1, -0.05) is 38.8 Å². The summed E-state index contributed by atoms with van der Waals surface area (Å²) in [5, 5.41) is 2.96. The molecule has 0 spiro atoms. The fourth-order valence-electron chi connectivity index (χ4n) is 4.77. The Bertz CT molecular complexity index is 1210. The van der Waals surface area contributed by atoms with E-state index in [0.717, 1.165) is 48.4 Å². The minimum atomic E-state index is -0.274. The molecule has 1 heterocycles. The third-order valence-electron chi connectivity index (χ3n) is 6.61. The number of amides is 2. The quantitative estimate of drug-likeness (QED) is 0.412. The van der Waals surface area contributed by atoms with Crippen LogP contribution in [0, 0.1) is 11.8 Å². The molecule has 0 bridgehead atoms. The van der Waals surface area contributed by atoms with Gasteiger partial charge in [-0.2, -0.15) is 0 Å². The highest BCUT2D eigenvalue weighted by Gasteiger charge is 2.29. The Morgan fingerprint density at radius 1 is 1.05 bits per heavy atom. The van der Waals surface area contributed by atoms with Gasteiger partial charge < -0.3 is 14.4 Å². The van der Waals surface area contributed by atoms with Crippen molar-refractivity contribution in [1.29, 1.82) is 0 Å². The second-order valence-electron chi connectivity index (χ2n) is 9.89. The van der Waals surface area contributed by atoms with E-state index in [2.05, 4.69) is 19.2 Å². The third-order valence-corrected chi connectivity index (χ3v) is 6.61. The number of methoxy groups -OCH3 is 2. The largest absolute Gasteiger partial charge is 0.497 e. The second-order valence-corrected chi connectivity index (χ2v) is 9.89. The molecular weight excluding hydrogens is 468 g/mol. The van der Waals surface area contributed by atoms with Gasteiger partial charge in [-0.3, -0.25) is 19.5 Å². The molecule has 0 saturated heterocycles. The van der Waals surface area contributed by atoms with Gasteiger partial charge >= 0.3 is 0 Å². The van der Waals surface area contributed by atoms with E-state index in [4.69, 9.17) is 14.5 Å². The van der Waals surface area contributed by atoms with Crippen LogP contribution >= 0.6 is 0 Å². The van der Waals surface area contributed by atoms with Gasteiger partial charge in [0.25, 0.3) is 0 Å². The Morgan fingerprint density at radius 3 is 2.41 bits per heavy atom. The normalized spacial score (nSPS) is 13.5. The van der Waals surface area contributed by atoms with E-state index < -0.39 is 0 Å². The van der Waals surface area contributed by atoms with Gasteiger partial charge in [0.2, 0.25) is 17.8 Å². The van der Waals surface area contributed by atoms with E-state index in [1.807, 2.05) is 59.3 Å². The van der Waals surface area contributed by atoms with Crippen molar-refractivity contribution in [2.75, 3.05) is 32.6 Å². The molecule has 0 atom stereocenters. The van der Waals surface area contributed by atoms with Crippen molar-refractivity contribution in [2.24, 2.45) is 11.8 Å². The first-order chi connectivity index (χ1) is 17.9. The first kappa shape index (κ1) is 26.3. The Hall–Kier alpha value is -3.81. The summed E-state index contributed by atoms with van der Waals surface area (Å²) in [4.78, 5) is 32.9. The Kier molecular flexibility index (Phi) is 8.48. The molecule has 1 aliphatic carbocycles. The number of nitrogens with one attached hydrogen (secondary N) is 1. The maximum Gasteiger partial charge on any atom is 0.246 e. The minimum Gasteiger partial charge on any atom is -0.497 e. The van der Waals surface area contributed by atoms with E-state index >= 15 is 0 Å². The number of rotatable bonds is 10. The molecule has 8 heteroatoms. The van der Waals surface area contributed by atoms with E-state index in [0.29, 0.717) is 18.2 Å². The average molecular weight is 505 g/mol. The number of nitrogens with zero attached hydrogens (tertiary/aromatic N) is 3. The summed E-state index contributed by atoms with van der Waals surface area (Å²) in [6.45, 7) is 4.66. The van der Waals surface area contributed by atoms with E-state index in [1.54, 1.807) is 19.1 Å². The lowest BCUT2D eigenvalue weighted by Gasteiger charge is -2.26. The summed E-state index contributed by atoms with van der Waals surface area (Å²) >= 11 is 0. The van der Waals surface area contributed by atoms with Gasteiger partial charge in [0.15, 0.2) is 0 Å². The molecule has 1 aromatic heterocycles. The topological polar surface area (TPSA) is 85.7 Å². The lowest BCUT2D eigenvalue weighted by molar-refractivity contribution is -0.138. The van der Waals surface area contributed by atoms with Gasteiger partial charge in [0, 0.05) is 29.9 Å². The molecule has 8 nitrogen and oxygen atoms in total. The van der Waals surface area contributed by atoms with Gasteiger partial charge in [-0.15, -0.1) is 0 Å². The van der Waals surface area contributed by atoms with Crippen LogP contribution in [0.15, 0.2) is 54.7 Å². The van der Waals surface area contributed by atoms with Gasteiger partial charge in [-0.25, -0.2) is 4.98 Å². The van der Waals surface area contributed by atoms with Crippen molar-refractivity contribution in [3.05, 3.63) is 54.7 Å². The predicted octanol–water partition coefficient (Wildman–Crippen LogP) is 5.17. The Balaban J connectivity index is 1.61. The van der Waals surface area contributed by atoms with Crippen LogP contribution in [0.4, 0.5) is 5.95 Å². The Morgan fingerprint density at radius 2 is 1.76 bits per heavy atom. The van der Waals surface area contributed by atoms with Crippen LogP contribution in [0.5, 0.6) is 11.5 Å². The highest BCUT2D eigenvalue weighted by atomic mass is 16.5. The summed E-state index contributed by atoms with van der Waals surface area (Å²) in [7, 11) is 3.24. The zero-order chi connectivity index (χ0) is 26.4. The summed E-state index contributed by atoms with van der Waals surface area (Å²) in [6.07, 6.45) is 5.83.